The second kappa shape index (κ2) is 6.56. The number of hydrogen-bond donors (Lipinski definition) is 1. The Morgan fingerprint density at radius 3 is 2.60 bits per heavy atom. The summed E-state index contributed by atoms with van der Waals surface area (Å²) in [5, 5.41) is 15.9. The standard InChI is InChI=1S/C14H27N6/c1-12(2)13(3)5-10-20(4)14(16-17-18-20)11-19-8-6-15-7-9-19/h15H,5-11H2,1-4H3/q+1. The number of piperazine rings is 1. The molecule has 1 atom stereocenters. The third-order valence-corrected chi connectivity index (χ3v) is 4.30. The van der Waals surface area contributed by atoms with Gasteiger partial charge in [-0.1, -0.05) is 16.2 Å². The van der Waals surface area contributed by atoms with E-state index < -0.39 is 0 Å². The monoisotopic (exact) mass is 279 g/mol. The molecule has 2 aliphatic heterocycles. The van der Waals surface area contributed by atoms with E-state index in [1.54, 1.807) is 0 Å². The topological polar surface area (TPSA) is 52.4 Å². The summed E-state index contributed by atoms with van der Waals surface area (Å²) in [5.41, 5.74) is 2.83. The molecule has 2 rings (SSSR count). The lowest BCUT2D eigenvalue weighted by Crippen LogP contribution is -2.52. The maximum absolute atomic E-state index is 4.34. The van der Waals surface area contributed by atoms with Crippen LogP contribution in [0, 0.1) is 0 Å². The first-order chi connectivity index (χ1) is 9.51. The number of hydrogen-bond acceptors (Lipinski definition) is 5. The third-order valence-electron chi connectivity index (χ3n) is 4.30. The smallest absolute Gasteiger partial charge is 0.266 e. The molecule has 2 aliphatic rings. The van der Waals surface area contributed by atoms with Gasteiger partial charge in [-0.15, -0.1) is 4.59 Å². The van der Waals surface area contributed by atoms with E-state index in [9.17, 15) is 0 Å². The molecule has 0 radical (unpaired) electrons. The molecule has 0 spiro atoms. The summed E-state index contributed by atoms with van der Waals surface area (Å²) in [4.78, 5) is 2.43. The molecule has 1 saturated heterocycles. The minimum absolute atomic E-state index is 0.508. The highest BCUT2D eigenvalue weighted by Gasteiger charge is 2.36. The van der Waals surface area contributed by atoms with Gasteiger partial charge in [-0.3, -0.25) is 4.90 Å². The van der Waals surface area contributed by atoms with Crippen LogP contribution in [-0.2, 0) is 0 Å². The second-order valence-electron chi connectivity index (χ2n) is 6.11. The van der Waals surface area contributed by atoms with Gasteiger partial charge in [0.1, 0.15) is 13.6 Å². The fraction of sp³-hybridized carbons (Fsp3) is 0.786. The van der Waals surface area contributed by atoms with Crippen LogP contribution in [0.5, 0.6) is 0 Å². The zero-order chi connectivity index (χ0) is 14.6. The molecule has 20 heavy (non-hydrogen) atoms. The predicted molar refractivity (Wildman–Crippen MR) is 81.3 cm³/mol. The van der Waals surface area contributed by atoms with Crippen LogP contribution in [0.25, 0.3) is 0 Å². The summed E-state index contributed by atoms with van der Waals surface area (Å²) in [5.74, 6) is 1.06. The van der Waals surface area contributed by atoms with Gasteiger partial charge in [0, 0.05) is 37.8 Å². The number of amidine groups is 1. The van der Waals surface area contributed by atoms with Gasteiger partial charge in [-0.2, -0.15) is 0 Å². The molecule has 112 valence electrons. The average molecular weight is 279 g/mol. The first-order valence-electron chi connectivity index (χ1n) is 7.42. The normalized spacial score (nSPS) is 26.7. The summed E-state index contributed by atoms with van der Waals surface area (Å²) >= 11 is 0. The zero-order valence-electron chi connectivity index (χ0n) is 13.2. The van der Waals surface area contributed by atoms with Crippen LogP contribution in [-0.4, -0.2) is 61.6 Å². The molecular formula is C14H27N6+. The van der Waals surface area contributed by atoms with Gasteiger partial charge in [0.2, 0.25) is 0 Å². The van der Waals surface area contributed by atoms with Gasteiger partial charge < -0.3 is 5.32 Å². The summed E-state index contributed by atoms with van der Waals surface area (Å²) < 4.78 is 0.508. The van der Waals surface area contributed by atoms with Crippen molar-refractivity contribution in [1.29, 1.82) is 0 Å². The maximum atomic E-state index is 4.34. The van der Waals surface area contributed by atoms with Crippen molar-refractivity contribution in [3.8, 4) is 0 Å². The Morgan fingerprint density at radius 2 is 1.95 bits per heavy atom. The van der Waals surface area contributed by atoms with Crippen LogP contribution >= 0.6 is 0 Å². The first kappa shape index (κ1) is 15.3. The van der Waals surface area contributed by atoms with Gasteiger partial charge in [0.25, 0.3) is 5.84 Å². The van der Waals surface area contributed by atoms with Gasteiger partial charge in [-0.25, -0.2) is 0 Å². The van der Waals surface area contributed by atoms with Crippen molar-refractivity contribution < 1.29 is 4.59 Å². The van der Waals surface area contributed by atoms with Crippen LogP contribution < -0.4 is 5.32 Å². The molecular weight excluding hydrogens is 252 g/mol. The summed E-state index contributed by atoms with van der Waals surface area (Å²) in [6, 6.07) is 0. The Labute approximate surface area is 121 Å². The molecule has 0 aromatic rings. The fourth-order valence-corrected chi connectivity index (χ4v) is 2.37. The number of nitrogens with one attached hydrogen (secondary N) is 1. The highest BCUT2D eigenvalue weighted by Crippen LogP contribution is 2.19. The van der Waals surface area contributed by atoms with E-state index in [-0.39, 0.29) is 0 Å². The van der Waals surface area contributed by atoms with Crippen molar-refractivity contribution in [2.75, 3.05) is 46.3 Å². The van der Waals surface area contributed by atoms with E-state index in [4.69, 9.17) is 0 Å². The maximum Gasteiger partial charge on any atom is 0.266 e. The first-order valence-corrected chi connectivity index (χ1v) is 7.42. The van der Waals surface area contributed by atoms with Crippen LogP contribution in [0.15, 0.2) is 26.7 Å². The number of rotatable bonds is 5. The van der Waals surface area contributed by atoms with E-state index in [0.717, 1.165) is 51.5 Å². The fourth-order valence-electron chi connectivity index (χ4n) is 2.37. The molecule has 0 saturated carbocycles. The van der Waals surface area contributed by atoms with Gasteiger partial charge in [0.15, 0.2) is 0 Å². The van der Waals surface area contributed by atoms with Crippen molar-refractivity contribution in [2.24, 2.45) is 15.5 Å². The molecule has 0 aromatic heterocycles. The van der Waals surface area contributed by atoms with Crippen molar-refractivity contribution in [3.63, 3.8) is 0 Å². The van der Waals surface area contributed by atoms with E-state index in [1.165, 1.54) is 11.1 Å². The second-order valence-corrected chi connectivity index (χ2v) is 6.11. The Balaban J connectivity index is 1.94. The number of nitrogens with zero attached hydrogens (tertiary/aromatic N) is 5. The lowest BCUT2D eigenvalue weighted by atomic mass is 10.1. The van der Waals surface area contributed by atoms with E-state index >= 15 is 0 Å². The lowest BCUT2D eigenvalue weighted by molar-refractivity contribution is -0.829. The zero-order valence-corrected chi connectivity index (χ0v) is 13.2. The van der Waals surface area contributed by atoms with Gasteiger partial charge >= 0.3 is 0 Å². The van der Waals surface area contributed by atoms with Crippen LogP contribution in [0.4, 0.5) is 0 Å². The summed E-state index contributed by atoms with van der Waals surface area (Å²) in [6.07, 6.45) is 1.04. The molecule has 0 aliphatic carbocycles. The molecule has 0 aromatic carbocycles. The number of allylic oxidation sites excluding steroid dienone is 1. The van der Waals surface area contributed by atoms with Crippen molar-refractivity contribution in [1.82, 2.24) is 10.2 Å². The van der Waals surface area contributed by atoms with Gasteiger partial charge in [-0.05, 0) is 20.8 Å². The van der Waals surface area contributed by atoms with Crippen LogP contribution in [0.3, 0.4) is 0 Å². The van der Waals surface area contributed by atoms with Gasteiger partial charge in [0.05, 0.1) is 11.8 Å². The van der Waals surface area contributed by atoms with E-state index in [0.29, 0.717) is 4.59 Å². The quantitative estimate of drug-likeness (QED) is 0.616. The Kier molecular flexibility index (Phi) is 5.01. The number of quaternary nitrogens is 1. The minimum atomic E-state index is 0.508. The third kappa shape index (κ3) is 3.71. The molecule has 1 N–H and O–H groups in total. The predicted octanol–water partition coefficient (Wildman–Crippen LogP) is 1.78. The van der Waals surface area contributed by atoms with Crippen molar-refractivity contribution in [2.45, 2.75) is 27.2 Å². The van der Waals surface area contributed by atoms with Crippen molar-refractivity contribution >= 4 is 5.84 Å². The Morgan fingerprint density at radius 1 is 1.25 bits per heavy atom. The molecule has 2 heterocycles. The molecule has 6 nitrogen and oxygen atoms in total. The Hall–Kier alpha value is -1.11. The lowest BCUT2D eigenvalue weighted by Gasteiger charge is -2.30. The largest absolute Gasteiger partial charge is 0.314 e. The van der Waals surface area contributed by atoms with Crippen LogP contribution in [0.2, 0.25) is 0 Å². The Bertz CT molecular complexity index is 429. The molecule has 0 bridgehead atoms. The highest BCUT2D eigenvalue weighted by molar-refractivity contribution is 5.77. The molecule has 6 heteroatoms. The summed E-state index contributed by atoms with van der Waals surface area (Å²) in [7, 11) is 2.11. The minimum Gasteiger partial charge on any atom is -0.314 e. The number of likely N-dealkylation sites (N-methyl/N-ethyl adjacent to an activating group) is 1. The molecule has 1 fully saturated rings. The molecule has 0 amide bonds. The van der Waals surface area contributed by atoms with E-state index in [1.807, 2.05) is 0 Å². The van der Waals surface area contributed by atoms with Crippen molar-refractivity contribution in [3.05, 3.63) is 11.1 Å². The SMILES string of the molecule is CC(C)=C(C)CC[N+]1(C)N=NN=C1CN1CCNCC1. The van der Waals surface area contributed by atoms with E-state index in [2.05, 4.69) is 53.6 Å². The summed E-state index contributed by atoms with van der Waals surface area (Å²) in [6.45, 7) is 12.6. The highest BCUT2D eigenvalue weighted by atomic mass is 15.8. The molecule has 1 unspecified atom stereocenters. The average Bonchev–Trinajstić information content (AvgIpc) is 2.79. The van der Waals surface area contributed by atoms with Crippen LogP contribution in [0.1, 0.15) is 27.2 Å².